The van der Waals surface area contributed by atoms with Crippen molar-refractivity contribution in [3.05, 3.63) is 53.1 Å². The van der Waals surface area contributed by atoms with Gasteiger partial charge in [0.1, 0.15) is 11.6 Å². The van der Waals surface area contributed by atoms with E-state index >= 15 is 0 Å². The van der Waals surface area contributed by atoms with Crippen molar-refractivity contribution in [1.29, 1.82) is 0 Å². The quantitative estimate of drug-likeness (QED) is 0.357. The Morgan fingerprint density at radius 3 is 2.92 bits per heavy atom. The molecule has 3 aliphatic heterocycles. The lowest BCUT2D eigenvalue weighted by molar-refractivity contribution is 0.0979. The molecule has 1 aromatic carbocycles. The number of aromatic amines is 1. The Morgan fingerprint density at radius 2 is 2.00 bits per heavy atom. The maximum absolute atomic E-state index is 5.67. The van der Waals surface area contributed by atoms with Crippen molar-refractivity contribution >= 4 is 38.3 Å². The van der Waals surface area contributed by atoms with E-state index < -0.39 is 0 Å². The molecule has 1 N–H and O–H groups in total. The Balaban J connectivity index is 1.12. The average Bonchev–Trinajstić information content (AvgIpc) is 3.71. The first-order chi connectivity index (χ1) is 19.2. The van der Waals surface area contributed by atoms with Crippen LogP contribution in [0.15, 0.2) is 36.5 Å². The standard InChI is InChI=1S/C29H32N8OS/c1-18-33-34-26-6-5-19-16-35(10-8-25(19)37(18)26)17-20-15-24-27(39-20)29(36-11-13-38-14-12-36)32-28(31-24)22-3-2-4-23-21(22)7-9-30-23/h2-4,7,9,15,19,25,30H,5-6,8,10-14,16-17H2,1H3/t19-,25+/m0/s1. The molecule has 10 heteroatoms. The largest absolute Gasteiger partial charge is 0.378 e. The van der Waals surface area contributed by atoms with E-state index in [9.17, 15) is 0 Å². The van der Waals surface area contributed by atoms with Gasteiger partial charge in [-0.2, -0.15) is 0 Å². The molecule has 0 radical (unpaired) electrons. The van der Waals surface area contributed by atoms with Gasteiger partial charge >= 0.3 is 0 Å². The molecule has 0 saturated carbocycles. The maximum Gasteiger partial charge on any atom is 0.162 e. The van der Waals surface area contributed by atoms with E-state index in [1.165, 1.54) is 21.8 Å². The van der Waals surface area contributed by atoms with Gasteiger partial charge in [-0.3, -0.25) is 4.90 Å². The van der Waals surface area contributed by atoms with E-state index in [4.69, 9.17) is 14.7 Å². The van der Waals surface area contributed by atoms with Crippen LogP contribution >= 0.6 is 11.3 Å². The number of anilines is 1. The summed E-state index contributed by atoms with van der Waals surface area (Å²) in [6, 6.07) is 11.3. The van der Waals surface area contributed by atoms with Gasteiger partial charge < -0.3 is 19.2 Å². The van der Waals surface area contributed by atoms with E-state index in [1.54, 1.807) is 0 Å². The van der Waals surface area contributed by atoms with Crippen molar-refractivity contribution in [1.82, 2.24) is 34.6 Å². The predicted molar refractivity (Wildman–Crippen MR) is 153 cm³/mol. The van der Waals surface area contributed by atoms with Crippen molar-refractivity contribution < 1.29 is 4.74 Å². The zero-order valence-electron chi connectivity index (χ0n) is 22.1. The lowest BCUT2D eigenvalue weighted by atomic mass is 9.85. The summed E-state index contributed by atoms with van der Waals surface area (Å²) in [6.45, 7) is 8.45. The van der Waals surface area contributed by atoms with Gasteiger partial charge in [0.05, 0.1) is 23.4 Å². The van der Waals surface area contributed by atoms with Crippen LogP contribution < -0.4 is 4.90 Å². The molecule has 2 fully saturated rings. The van der Waals surface area contributed by atoms with Crippen molar-refractivity contribution in [2.75, 3.05) is 44.3 Å². The van der Waals surface area contributed by atoms with Gasteiger partial charge in [-0.1, -0.05) is 12.1 Å². The Bertz CT molecular complexity index is 1660. The number of likely N-dealkylation sites (tertiary alicyclic amines) is 1. The number of aryl methyl sites for hydroxylation is 2. The normalized spacial score (nSPS) is 21.9. The number of nitrogens with zero attached hydrogens (tertiary/aromatic N) is 7. The summed E-state index contributed by atoms with van der Waals surface area (Å²) in [4.78, 5) is 20.0. The molecule has 4 aromatic heterocycles. The van der Waals surface area contributed by atoms with Crippen molar-refractivity contribution in [2.24, 2.45) is 5.92 Å². The van der Waals surface area contributed by atoms with E-state index in [0.717, 1.165) is 98.2 Å². The van der Waals surface area contributed by atoms with Gasteiger partial charge in [0.2, 0.25) is 0 Å². The molecule has 8 rings (SSSR count). The molecular formula is C29H32N8OS. The monoisotopic (exact) mass is 540 g/mol. The zero-order valence-corrected chi connectivity index (χ0v) is 23.0. The smallest absolute Gasteiger partial charge is 0.162 e. The minimum atomic E-state index is 0.542. The first kappa shape index (κ1) is 23.5. The zero-order chi connectivity index (χ0) is 25.9. The number of thiophene rings is 1. The lowest BCUT2D eigenvalue weighted by Gasteiger charge is -2.42. The van der Waals surface area contributed by atoms with Crippen LogP contribution in [-0.2, 0) is 17.7 Å². The predicted octanol–water partition coefficient (Wildman–Crippen LogP) is 4.59. The molecule has 200 valence electrons. The molecule has 5 aromatic rings. The van der Waals surface area contributed by atoms with Gasteiger partial charge in [0.25, 0.3) is 0 Å². The van der Waals surface area contributed by atoms with Gasteiger partial charge in [-0.15, -0.1) is 21.5 Å². The summed E-state index contributed by atoms with van der Waals surface area (Å²) in [5.74, 6) is 4.74. The number of hydrogen-bond donors (Lipinski definition) is 1. The van der Waals surface area contributed by atoms with Crippen LogP contribution in [0.25, 0.3) is 32.5 Å². The number of hydrogen-bond acceptors (Lipinski definition) is 8. The SMILES string of the molecule is Cc1nnc2n1[C@@H]1CCN(Cc3cc4nc(-c5cccc6[nH]ccc56)nc(N5CCOCC5)c4s3)C[C@@H]1CC2. The maximum atomic E-state index is 5.67. The first-order valence-corrected chi connectivity index (χ1v) is 14.9. The minimum Gasteiger partial charge on any atom is -0.378 e. The fraction of sp³-hybridized carbons (Fsp3) is 0.448. The second-order valence-corrected chi connectivity index (χ2v) is 12.2. The third kappa shape index (κ3) is 4.04. The Labute approximate surface area is 230 Å². The number of piperidine rings is 1. The highest BCUT2D eigenvalue weighted by Gasteiger charge is 2.36. The molecule has 0 aliphatic carbocycles. The first-order valence-electron chi connectivity index (χ1n) is 14.0. The van der Waals surface area contributed by atoms with Crippen LogP contribution in [0.5, 0.6) is 0 Å². The fourth-order valence-corrected chi connectivity index (χ4v) is 8.00. The van der Waals surface area contributed by atoms with Crippen LogP contribution in [0.2, 0.25) is 0 Å². The van der Waals surface area contributed by atoms with Crippen LogP contribution in [0, 0.1) is 12.8 Å². The van der Waals surface area contributed by atoms with Gasteiger partial charge in [0, 0.05) is 72.7 Å². The summed E-state index contributed by atoms with van der Waals surface area (Å²) >= 11 is 1.86. The summed E-state index contributed by atoms with van der Waals surface area (Å²) in [7, 11) is 0. The molecule has 0 spiro atoms. The molecule has 0 unspecified atom stereocenters. The van der Waals surface area contributed by atoms with E-state index in [-0.39, 0.29) is 0 Å². The Hall–Kier alpha value is -3.34. The van der Waals surface area contributed by atoms with Crippen LogP contribution in [0.1, 0.15) is 35.4 Å². The summed E-state index contributed by atoms with van der Waals surface area (Å²) in [6.07, 6.45) is 5.38. The Morgan fingerprint density at radius 1 is 1.08 bits per heavy atom. The molecule has 2 saturated heterocycles. The average molecular weight is 541 g/mol. The molecule has 7 heterocycles. The van der Waals surface area contributed by atoms with Crippen molar-refractivity contribution in [3.63, 3.8) is 0 Å². The number of morpholine rings is 1. The summed E-state index contributed by atoms with van der Waals surface area (Å²) in [5.41, 5.74) is 3.22. The highest BCUT2D eigenvalue weighted by molar-refractivity contribution is 7.19. The van der Waals surface area contributed by atoms with Crippen molar-refractivity contribution in [2.45, 2.75) is 38.8 Å². The third-order valence-corrected chi connectivity index (χ3v) is 9.82. The number of aromatic nitrogens is 6. The third-order valence-electron chi connectivity index (χ3n) is 8.72. The number of ether oxygens (including phenoxy) is 1. The second kappa shape index (κ2) is 9.39. The van der Waals surface area contributed by atoms with Gasteiger partial charge in [-0.25, -0.2) is 9.97 Å². The number of rotatable bonds is 4. The molecule has 9 nitrogen and oxygen atoms in total. The molecular weight excluding hydrogens is 508 g/mol. The van der Waals surface area contributed by atoms with Crippen LogP contribution in [0.4, 0.5) is 5.82 Å². The van der Waals surface area contributed by atoms with E-state index in [0.29, 0.717) is 12.0 Å². The van der Waals surface area contributed by atoms with Gasteiger partial charge in [0.15, 0.2) is 11.6 Å². The molecule has 3 aliphatic rings. The van der Waals surface area contributed by atoms with E-state index in [2.05, 4.69) is 66.8 Å². The number of fused-ring (bicyclic) bond motifs is 5. The number of nitrogens with one attached hydrogen (secondary N) is 1. The number of H-pyrrole nitrogens is 1. The van der Waals surface area contributed by atoms with Gasteiger partial charge in [-0.05, 0) is 43.9 Å². The van der Waals surface area contributed by atoms with Crippen LogP contribution in [0.3, 0.4) is 0 Å². The second-order valence-electron chi connectivity index (χ2n) is 11.1. The molecule has 0 bridgehead atoms. The molecule has 39 heavy (non-hydrogen) atoms. The molecule has 2 atom stereocenters. The van der Waals surface area contributed by atoms with E-state index in [1.807, 2.05) is 17.5 Å². The highest BCUT2D eigenvalue weighted by Crippen LogP contribution is 2.39. The van der Waals surface area contributed by atoms with Crippen molar-refractivity contribution in [3.8, 4) is 11.4 Å². The highest BCUT2D eigenvalue weighted by atomic mass is 32.1. The number of benzene rings is 1. The lowest BCUT2D eigenvalue weighted by Crippen LogP contribution is -2.43. The Kier molecular flexibility index (Phi) is 5.67. The fourth-order valence-electron chi connectivity index (χ4n) is 6.84. The minimum absolute atomic E-state index is 0.542. The van der Waals surface area contributed by atoms with Crippen LogP contribution in [-0.4, -0.2) is 74.0 Å². The molecule has 0 amide bonds. The summed E-state index contributed by atoms with van der Waals surface area (Å²) in [5, 5.41) is 9.94. The topological polar surface area (TPSA) is 88.0 Å². The summed E-state index contributed by atoms with van der Waals surface area (Å²) < 4.78 is 9.27.